The molecule has 4 rings (SSSR count). The summed E-state index contributed by atoms with van der Waals surface area (Å²) in [4.78, 5) is 15.1. The molecule has 0 bridgehead atoms. The largest absolute Gasteiger partial charge is 0.310 e. The van der Waals surface area contributed by atoms with Gasteiger partial charge in [-0.15, -0.1) is 10.2 Å². The van der Waals surface area contributed by atoms with Gasteiger partial charge in [0.1, 0.15) is 5.82 Å². The number of thioether (sulfide) groups is 1. The van der Waals surface area contributed by atoms with E-state index in [-0.39, 0.29) is 17.7 Å². The third-order valence-electron chi connectivity index (χ3n) is 5.95. The number of aryl methyl sites for hydroxylation is 2. The SMILES string of the molecule is CCC(c1nnc(SCC(=O)Nc2cc(C)nn2-c2ccc(C)cc2)n1Cc1ccccc1)N(C)C. The minimum Gasteiger partial charge on any atom is -0.310 e. The fraction of sp³-hybridized carbons (Fsp3) is 0.333. The van der Waals surface area contributed by atoms with Crippen molar-refractivity contribution in [3.05, 3.63) is 83.3 Å². The maximum atomic E-state index is 13.0. The van der Waals surface area contributed by atoms with Crippen LogP contribution < -0.4 is 5.32 Å². The average molecular weight is 504 g/mol. The third kappa shape index (κ3) is 6.03. The van der Waals surface area contributed by atoms with Crippen LogP contribution in [0.15, 0.2) is 65.8 Å². The summed E-state index contributed by atoms with van der Waals surface area (Å²) in [6.45, 7) is 6.75. The fourth-order valence-corrected chi connectivity index (χ4v) is 4.87. The molecule has 188 valence electrons. The molecule has 2 aromatic carbocycles. The zero-order valence-corrected chi connectivity index (χ0v) is 22.3. The van der Waals surface area contributed by atoms with Crippen LogP contribution in [-0.4, -0.2) is 55.2 Å². The van der Waals surface area contributed by atoms with E-state index in [0.717, 1.165) is 34.3 Å². The van der Waals surface area contributed by atoms with Crippen LogP contribution in [0, 0.1) is 13.8 Å². The summed E-state index contributed by atoms with van der Waals surface area (Å²) in [5, 5.41) is 17.3. The van der Waals surface area contributed by atoms with Crippen LogP contribution in [0.25, 0.3) is 5.69 Å². The lowest BCUT2D eigenvalue weighted by molar-refractivity contribution is -0.113. The topological polar surface area (TPSA) is 80.9 Å². The van der Waals surface area contributed by atoms with Gasteiger partial charge in [0.05, 0.1) is 29.7 Å². The van der Waals surface area contributed by atoms with E-state index in [0.29, 0.717) is 12.4 Å². The summed E-state index contributed by atoms with van der Waals surface area (Å²) < 4.78 is 3.89. The van der Waals surface area contributed by atoms with Crippen molar-refractivity contribution >= 4 is 23.5 Å². The van der Waals surface area contributed by atoms with E-state index in [1.54, 1.807) is 4.68 Å². The van der Waals surface area contributed by atoms with Crippen LogP contribution in [0.5, 0.6) is 0 Å². The summed E-state index contributed by atoms with van der Waals surface area (Å²) in [6.07, 6.45) is 0.910. The summed E-state index contributed by atoms with van der Waals surface area (Å²) >= 11 is 1.39. The maximum absolute atomic E-state index is 13.0. The average Bonchev–Trinajstić information content (AvgIpc) is 3.42. The number of rotatable bonds is 10. The lowest BCUT2D eigenvalue weighted by Crippen LogP contribution is -2.23. The Hall–Kier alpha value is -3.43. The van der Waals surface area contributed by atoms with Crippen molar-refractivity contribution in [3.8, 4) is 5.69 Å². The molecule has 0 saturated heterocycles. The molecule has 2 heterocycles. The van der Waals surface area contributed by atoms with Gasteiger partial charge < -0.3 is 9.88 Å². The Balaban J connectivity index is 1.52. The number of aromatic nitrogens is 5. The Kier molecular flexibility index (Phi) is 8.22. The molecular formula is C27H33N7OS. The molecule has 9 heteroatoms. The zero-order chi connectivity index (χ0) is 25.7. The molecule has 0 saturated carbocycles. The molecule has 4 aromatic rings. The zero-order valence-electron chi connectivity index (χ0n) is 21.5. The number of carbonyl (C=O) groups is 1. The number of hydrogen-bond donors (Lipinski definition) is 1. The molecule has 8 nitrogen and oxygen atoms in total. The first-order chi connectivity index (χ1) is 17.4. The lowest BCUT2D eigenvalue weighted by atomic mass is 10.2. The van der Waals surface area contributed by atoms with E-state index in [4.69, 9.17) is 0 Å². The molecule has 2 aromatic heterocycles. The van der Waals surface area contributed by atoms with Crippen LogP contribution in [0.1, 0.15) is 42.0 Å². The van der Waals surface area contributed by atoms with Crippen molar-refractivity contribution in [2.24, 2.45) is 0 Å². The van der Waals surface area contributed by atoms with Gasteiger partial charge in [0.15, 0.2) is 11.0 Å². The number of amides is 1. The van der Waals surface area contributed by atoms with Crippen LogP contribution >= 0.6 is 11.8 Å². The minimum atomic E-state index is -0.122. The highest BCUT2D eigenvalue weighted by molar-refractivity contribution is 7.99. The van der Waals surface area contributed by atoms with Crippen molar-refractivity contribution < 1.29 is 4.79 Å². The number of benzene rings is 2. The van der Waals surface area contributed by atoms with Gasteiger partial charge in [-0.2, -0.15) is 5.10 Å². The molecule has 0 spiro atoms. The Morgan fingerprint density at radius 3 is 2.44 bits per heavy atom. The van der Waals surface area contributed by atoms with Gasteiger partial charge in [-0.3, -0.25) is 9.69 Å². The summed E-state index contributed by atoms with van der Waals surface area (Å²) in [5.74, 6) is 1.64. The summed E-state index contributed by atoms with van der Waals surface area (Å²) in [5.41, 5.74) is 4.07. The molecule has 1 amide bonds. The van der Waals surface area contributed by atoms with E-state index in [9.17, 15) is 4.79 Å². The number of anilines is 1. The normalized spacial score (nSPS) is 12.2. The second-order valence-electron chi connectivity index (χ2n) is 9.06. The first-order valence-electron chi connectivity index (χ1n) is 12.1. The van der Waals surface area contributed by atoms with Gasteiger partial charge in [0.25, 0.3) is 0 Å². The second kappa shape index (κ2) is 11.5. The standard InChI is InChI=1S/C27H33N7OS/c1-6-23(32(4)5)26-29-30-27(33(26)17-21-10-8-7-9-11-21)36-18-25(35)28-24-16-20(3)31-34(24)22-14-12-19(2)13-15-22/h7-16,23H,6,17-18H2,1-5H3,(H,28,35). The van der Waals surface area contributed by atoms with Crippen molar-refractivity contribution in [1.29, 1.82) is 0 Å². The summed E-state index contributed by atoms with van der Waals surface area (Å²) in [7, 11) is 4.10. The Morgan fingerprint density at radius 1 is 1.06 bits per heavy atom. The highest BCUT2D eigenvalue weighted by atomic mass is 32.2. The van der Waals surface area contributed by atoms with Gasteiger partial charge in [-0.25, -0.2) is 4.68 Å². The lowest BCUT2D eigenvalue weighted by Gasteiger charge is -2.23. The molecular weight excluding hydrogens is 470 g/mol. The molecule has 0 aliphatic carbocycles. The maximum Gasteiger partial charge on any atom is 0.236 e. The van der Waals surface area contributed by atoms with Crippen LogP contribution in [-0.2, 0) is 11.3 Å². The van der Waals surface area contributed by atoms with Gasteiger partial charge in [-0.1, -0.05) is 66.7 Å². The van der Waals surface area contributed by atoms with Gasteiger partial charge in [-0.05, 0) is 52.1 Å². The molecule has 0 aliphatic heterocycles. The smallest absolute Gasteiger partial charge is 0.236 e. The van der Waals surface area contributed by atoms with Gasteiger partial charge in [0, 0.05) is 6.07 Å². The first-order valence-corrected chi connectivity index (χ1v) is 13.0. The molecule has 1 N–H and O–H groups in total. The van der Waals surface area contributed by atoms with Crippen molar-refractivity contribution in [1.82, 2.24) is 29.4 Å². The van der Waals surface area contributed by atoms with E-state index >= 15 is 0 Å². The summed E-state index contributed by atoms with van der Waals surface area (Å²) in [6, 6.07) is 20.3. The number of hydrogen-bond acceptors (Lipinski definition) is 6. The van der Waals surface area contributed by atoms with Gasteiger partial charge >= 0.3 is 0 Å². The molecule has 0 radical (unpaired) electrons. The van der Waals surface area contributed by atoms with Crippen LogP contribution in [0.4, 0.5) is 5.82 Å². The number of nitrogens with one attached hydrogen (secondary N) is 1. The van der Waals surface area contributed by atoms with Crippen LogP contribution in [0.2, 0.25) is 0 Å². The molecule has 0 aliphatic rings. The highest BCUT2D eigenvalue weighted by Crippen LogP contribution is 2.26. The predicted molar refractivity (Wildman–Crippen MR) is 145 cm³/mol. The quantitative estimate of drug-likeness (QED) is 0.311. The van der Waals surface area contributed by atoms with E-state index in [2.05, 4.69) is 63.2 Å². The van der Waals surface area contributed by atoms with Crippen molar-refractivity contribution in [3.63, 3.8) is 0 Å². The third-order valence-corrected chi connectivity index (χ3v) is 6.91. The van der Waals surface area contributed by atoms with E-state index in [1.165, 1.54) is 17.3 Å². The Bertz CT molecular complexity index is 1300. The van der Waals surface area contributed by atoms with E-state index in [1.807, 2.05) is 62.4 Å². The Labute approximate surface area is 216 Å². The predicted octanol–water partition coefficient (Wildman–Crippen LogP) is 4.87. The molecule has 1 atom stereocenters. The van der Waals surface area contributed by atoms with Crippen LogP contribution in [0.3, 0.4) is 0 Å². The highest BCUT2D eigenvalue weighted by Gasteiger charge is 2.23. The fourth-order valence-electron chi connectivity index (χ4n) is 4.13. The Morgan fingerprint density at radius 2 is 1.78 bits per heavy atom. The first kappa shape index (κ1) is 25.7. The van der Waals surface area contributed by atoms with Gasteiger partial charge in [0.2, 0.25) is 5.91 Å². The monoisotopic (exact) mass is 503 g/mol. The van der Waals surface area contributed by atoms with E-state index < -0.39 is 0 Å². The second-order valence-corrected chi connectivity index (χ2v) is 10.00. The molecule has 0 fully saturated rings. The minimum absolute atomic E-state index is 0.122. The molecule has 1 unspecified atom stereocenters. The van der Waals surface area contributed by atoms with Crippen molar-refractivity contribution in [2.75, 3.05) is 25.2 Å². The number of nitrogens with zero attached hydrogens (tertiary/aromatic N) is 6. The number of carbonyl (C=O) groups excluding carboxylic acids is 1. The molecule has 36 heavy (non-hydrogen) atoms. The van der Waals surface area contributed by atoms with Crippen molar-refractivity contribution in [2.45, 2.75) is 44.9 Å².